The molecule has 2 heterocycles. The number of benzene rings is 1. The third-order valence-corrected chi connectivity index (χ3v) is 6.65. The number of hydrogen-bond donors (Lipinski definition) is 1. The normalized spacial score (nSPS) is 27.2. The van der Waals surface area contributed by atoms with Gasteiger partial charge in [0.25, 0.3) is 5.91 Å². The molecule has 1 N–H and O–H groups in total. The maximum absolute atomic E-state index is 12.8. The van der Waals surface area contributed by atoms with Gasteiger partial charge in [-0.15, -0.1) is 0 Å². The molecule has 6 nitrogen and oxygen atoms in total. The van der Waals surface area contributed by atoms with Crippen LogP contribution in [0.1, 0.15) is 30.6 Å². The van der Waals surface area contributed by atoms with Gasteiger partial charge in [0.2, 0.25) is 10.0 Å². The molecule has 1 aromatic carbocycles. The van der Waals surface area contributed by atoms with Crippen LogP contribution in [0.3, 0.4) is 0 Å². The molecular formula is C16H23N3O3S. The molecule has 1 aromatic rings. The number of anilines is 1. The molecule has 7 heteroatoms. The van der Waals surface area contributed by atoms with E-state index in [0.717, 1.165) is 6.54 Å². The zero-order chi connectivity index (χ0) is 16.6. The minimum atomic E-state index is -3.23. The lowest BCUT2D eigenvalue weighted by atomic mass is 10.0. The van der Waals surface area contributed by atoms with Crippen molar-refractivity contribution in [3.8, 4) is 0 Å². The average molecular weight is 337 g/mol. The van der Waals surface area contributed by atoms with Gasteiger partial charge in [0.1, 0.15) is 0 Å². The van der Waals surface area contributed by atoms with Gasteiger partial charge in [-0.25, -0.2) is 8.42 Å². The van der Waals surface area contributed by atoms with E-state index in [1.165, 1.54) is 4.31 Å². The first-order valence-electron chi connectivity index (χ1n) is 8.05. The zero-order valence-electron chi connectivity index (χ0n) is 13.5. The Bertz CT molecular complexity index is 704. The number of amides is 1. The topological polar surface area (TPSA) is 69.7 Å². The Morgan fingerprint density at radius 1 is 1.26 bits per heavy atom. The third kappa shape index (κ3) is 3.07. The highest BCUT2D eigenvalue weighted by atomic mass is 32.2. The van der Waals surface area contributed by atoms with Crippen LogP contribution in [-0.2, 0) is 10.0 Å². The summed E-state index contributed by atoms with van der Waals surface area (Å²) in [5.41, 5.74) is 1.13. The van der Waals surface area contributed by atoms with Crippen molar-refractivity contribution < 1.29 is 13.2 Å². The van der Waals surface area contributed by atoms with Gasteiger partial charge in [0.05, 0.1) is 11.4 Å². The van der Waals surface area contributed by atoms with Gasteiger partial charge in [-0.2, -0.15) is 0 Å². The second kappa shape index (κ2) is 6.13. The summed E-state index contributed by atoms with van der Waals surface area (Å²) in [6.07, 6.45) is 0.632. The van der Waals surface area contributed by atoms with E-state index in [2.05, 4.69) is 12.2 Å². The van der Waals surface area contributed by atoms with E-state index >= 15 is 0 Å². The molecule has 0 aliphatic carbocycles. The standard InChI is InChI=1S/C16H23N3O3S/c1-12-13(2)18(9-7-17-12)16(20)14-5-3-6-15(11-14)19-8-4-10-23(19,21)22/h3,5-6,11-13,17H,4,7-10H2,1-2H3. The van der Waals surface area contributed by atoms with Gasteiger partial charge in [0.15, 0.2) is 0 Å². The van der Waals surface area contributed by atoms with Crippen LogP contribution in [-0.4, -0.2) is 56.7 Å². The molecule has 0 aromatic heterocycles. The van der Waals surface area contributed by atoms with Crippen LogP contribution in [0.25, 0.3) is 0 Å². The fraction of sp³-hybridized carbons (Fsp3) is 0.562. The number of rotatable bonds is 2. The summed E-state index contributed by atoms with van der Waals surface area (Å²) < 4.78 is 25.5. The molecule has 3 rings (SSSR count). The van der Waals surface area contributed by atoms with Gasteiger partial charge in [-0.1, -0.05) is 6.07 Å². The van der Waals surface area contributed by atoms with Crippen LogP contribution in [0.2, 0.25) is 0 Å². The van der Waals surface area contributed by atoms with Crippen LogP contribution in [0.4, 0.5) is 5.69 Å². The highest BCUT2D eigenvalue weighted by molar-refractivity contribution is 7.93. The lowest BCUT2D eigenvalue weighted by molar-refractivity contribution is 0.0603. The van der Waals surface area contributed by atoms with Crippen molar-refractivity contribution in [2.24, 2.45) is 0 Å². The second-order valence-corrected chi connectivity index (χ2v) is 8.29. The summed E-state index contributed by atoms with van der Waals surface area (Å²) >= 11 is 0. The lowest BCUT2D eigenvalue weighted by Gasteiger charge is -2.38. The van der Waals surface area contributed by atoms with E-state index in [0.29, 0.717) is 30.8 Å². The molecule has 23 heavy (non-hydrogen) atoms. The number of carbonyl (C=O) groups excluding carboxylic acids is 1. The average Bonchev–Trinajstić information content (AvgIpc) is 2.89. The van der Waals surface area contributed by atoms with Crippen LogP contribution in [0.15, 0.2) is 24.3 Å². The van der Waals surface area contributed by atoms with Gasteiger partial charge < -0.3 is 10.2 Å². The first kappa shape index (κ1) is 16.3. The fourth-order valence-electron chi connectivity index (χ4n) is 3.23. The van der Waals surface area contributed by atoms with E-state index in [4.69, 9.17) is 0 Å². The molecular weight excluding hydrogens is 314 g/mol. The SMILES string of the molecule is CC1NCCN(C(=O)c2cccc(N3CCCS3(=O)=O)c2)C1C. The lowest BCUT2D eigenvalue weighted by Crippen LogP contribution is -2.57. The van der Waals surface area contributed by atoms with Crippen molar-refractivity contribution in [1.29, 1.82) is 0 Å². The van der Waals surface area contributed by atoms with Gasteiger partial charge in [-0.05, 0) is 38.5 Å². The number of sulfonamides is 1. The molecule has 2 fully saturated rings. The molecule has 2 aliphatic heterocycles. The van der Waals surface area contributed by atoms with E-state index < -0.39 is 10.0 Å². The molecule has 2 saturated heterocycles. The number of piperazine rings is 1. The largest absolute Gasteiger partial charge is 0.333 e. The predicted molar refractivity (Wildman–Crippen MR) is 90.2 cm³/mol. The van der Waals surface area contributed by atoms with Crippen molar-refractivity contribution in [1.82, 2.24) is 10.2 Å². The second-order valence-electron chi connectivity index (χ2n) is 6.27. The predicted octanol–water partition coefficient (Wildman–Crippen LogP) is 1.05. The maximum atomic E-state index is 12.8. The molecule has 2 unspecified atom stereocenters. The van der Waals surface area contributed by atoms with Crippen LogP contribution in [0.5, 0.6) is 0 Å². The summed E-state index contributed by atoms with van der Waals surface area (Å²) in [6, 6.07) is 7.32. The highest BCUT2D eigenvalue weighted by Gasteiger charge is 2.31. The first-order chi connectivity index (χ1) is 10.9. The summed E-state index contributed by atoms with van der Waals surface area (Å²) in [6.45, 7) is 6.02. The van der Waals surface area contributed by atoms with E-state index in [-0.39, 0.29) is 23.7 Å². The summed E-state index contributed by atoms with van der Waals surface area (Å²) in [4.78, 5) is 14.7. The van der Waals surface area contributed by atoms with Crippen molar-refractivity contribution >= 4 is 21.6 Å². The minimum Gasteiger partial charge on any atom is -0.333 e. The van der Waals surface area contributed by atoms with Crippen LogP contribution in [0, 0.1) is 0 Å². The Labute approximate surface area is 137 Å². The Morgan fingerprint density at radius 2 is 2.04 bits per heavy atom. The van der Waals surface area contributed by atoms with Gasteiger partial charge >= 0.3 is 0 Å². The molecule has 0 radical (unpaired) electrons. The van der Waals surface area contributed by atoms with Gasteiger partial charge in [-0.3, -0.25) is 9.10 Å². The molecule has 126 valence electrons. The Hall–Kier alpha value is -1.60. The summed E-state index contributed by atoms with van der Waals surface area (Å²) in [5, 5.41) is 3.35. The maximum Gasteiger partial charge on any atom is 0.254 e. The van der Waals surface area contributed by atoms with E-state index in [1.807, 2.05) is 11.8 Å². The Morgan fingerprint density at radius 3 is 2.74 bits per heavy atom. The fourth-order valence-corrected chi connectivity index (χ4v) is 4.79. The third-order valence-electron chi connectivity index (χ3n) is 4.78. The van der Waals surface area contributed by atoms with Gasteiger partial charge in [0, 0.05) is 37.3 Å². The molecule has 0 spiro atoms. The van der Waals surface area contributed by atoms with Crippen molar-refractivity contribution in [3.05, 3.63) is 29.8 Å². The van der Waals surface area contributed by atoms with Crippen LogP contribution >= 0.6 is 0 Å². The zero-order valence-corrected chi connectivity index (χ0v) is 14.3. The highest BCUT2D eigenvalue weighted by Crippen LogP contribution is 2.25. The molecule has 0 bridgehead atoms. The van der Waals surface area contributed by atoms with E-state index in [1.54, 1.807) is 24.3 Å². The number of carbonyl (C=O) groups is 1. The Balaban J connectivity index is 1.86. The number of hydrogen-bond acceptors (Lipinski definition) is 4. The Kier molecular flexibility index (Phi) is 4.33. The van der Waals surface area contributed by atoms with Crippen molar-refractivity contribution in [2.75, 3.05) is 29.7 Å². The first-order valence-corrected chi connectivity index (χ1v) is 9.66. The molecule has 1 amide bonds. The quantitative estimate of drug-likeness (QED) is 0.876. The van der Waals surface area contributed by atoms with Crippen molar-refractivity contribution in [3.63, 3.8) is 0 Å². The minimum absolute atomic E-state index is 0.0377. The molecule has 0 saturated carbocycles. The molecule has 2 atom stereocenters. The van der Waals surface area contributed by atoms with Crippen LogP contribution < -0.4 is 9.62 Å². The van der Waals surface area contributed by atoms with Crippen molar-refractivity contribution in [2.45, 2.75) is 32.4 Å². The van der Waals surface area contributed by atoms with E-state index in [9.17, 15) is 13.2 Å². The summed E-state index contributed by atoms with van der Waals surface area (Å²) in [7, 11) is -3.23. The smallest absolute Gasteiger partial charge is 0.254 e. The summed E-state index contributed by atoms with van der Waals surface area (Å²) in [5.74, 6) is 0.140. The monoisotopic (exact) mass is 337 g/mol. The number of nitrogens with one attached hydrogen (secondary N) is 1. The molecule has 2 aliphatic rings. The number of nitrogens with zero attached hydrogens (tertiary/aromatic N) is 2.